The first kappa shape index (κ1) is 15.4. The van der Waals surface area contributed by atoms with E-state index in [9.17, 15) is 4.79 Å². The predicted molar refractivity (Wildman–Crippen MR) is 86.3 cm³/mol. The molecule has 1 aliphatic heterocycles. The molecule has 5 nitrogen and oxygen atoms in total. The summed E-state index contributed by atoms with van der Waals surface area (Å²) < 4.78 is 6.26. The van der Waals surface area contributed by atoms with E-state index in [1.165, 1.54) is 11.3 Å². The minimum atomic E-state index is -0.126. The molecule has 0 saturated carbocycles. The molecule has 2 heterocycles. The lowest BCUT2D eigenvalue weighted by molar-refractivity contribution is -0.117. The van der Waals surface area contributed by atoms with E-state index in [0.29, 0.717) is 5.13 Å². The van der Waals surface area contributed by atoms with E-state index in [0.717, 1.165) is 27.6 Å². The lowest BCUT2D eigenvalue weighted by atomic mass is 10.3. The predicted octanol–water partition coefficient (Wildman–Crippen LogP) is 2.33. The van der Waals surface area contributed by atoms with Crippen molar-refractivity contribution in [1.29, 1.82) is 0 Å². The quantitative estimate of drug-likeness (QED) is 0.903. The molecule has 0 spiro atoms. The summed E-state index contributed by atoms with van der Waals surface area (Å²) in [5.41, 5.74) is 0.791. The second-order valence-electron chi connectivity index (χ2n) is 4.09. The molecular weight excluding hydrogens is 318 g/mol. The molecule has 2 aromatic rings. The normalized spacial score (nSPS) is 17.8. The minimum absolute atomic E-state index is 0. The fraction of sp³-hybridized carbons (Fsp3) is 0.333. The number of methoxy groups -OCH3 is 1. The van der Waals surface area contributed by atoms with E-state index in [4.69, 9.17) is 4.74 Å². The van der Waals surface area contributed by atoms with Gasteiger partial charge < -0.3 is 10.1 Å². The first-order valence-electron chi connectivity index (χ1n) is 5.83. The van der Waals surface area contributed by atoms with Crippen molar-refractivity contribution in [2.75, 3.05) is 24.1 Å². The van der Waals surface area contributed by atoms with Crippen molar-refractivity contribution in [1.82, 2.24) is 10.3 Å². The zero-order valence-electron chi connectivity index (χ0n) is 10.7. The van der Waals surface area contributed by atoms with Gasteiger partial charge in [0.15, 0.2) is 5.13 Å². The Morgan fingerprint density at radius 1 is 1.55 bits per heavy atom. The van der Waals surface area contributed by atoms with Crippen molar-refractivity contribution in [3.05, 3.63) is 18.2 Å². The number of nitrogens with zero attached hydrogens (tertiary/aromatic N) is 1. The number of anilines is 1. The molecule has 1 amide bonds. The highest BCUT2D eigenvalue weighted by molar-refractivity contribution is 7.99. The van der Waals surface area contributed by atoms with E-state index in [2.05, 4.69) is 15.6 Å². The Kier molecular flexibility index (Phi) is 5.09. The summed E-state index contributed by atoms with van der Waals surface area (Å²) in [5, 5.41) is 6.61. The molecule has 1 saturated heterocycles. The number of rotatable bonds is 3. The van der Waals surface area contributed by atoms with Crippen molar-refractivity contribution in [3.8, 4) is 5.75 Å². The summed E-state index contributed by atoms with van der Waals surface area (Å²) in [4.78, 5) is 16.4. The van der Waals surface area contributed by atoms with Crippen molar-refractivity contribution < 1.29 is 9.53 Å². The second kappa shape index (κ2) is 6.62. The first-order valence-corrected chi connectivity index (χ1v) is 7.80. The molecule has 1 atom stereocenters. The van der Waals surface area contributed by atoms with Gasteiger partial charge in [-0.05, 0) is 12.1 Å². The van der Waals surface area contributed by atoms with Gasteiger partial charge in [0.05, 0.1) is 17.9 Å². The highest BCUT2D eigenvalue weighted by Crippen LogP contribution is 2.32. The lowest BCUT2D eigenvalue weighted by Crippen LogP contribution is -2.37. The van der Waals surface area contributed by atoms with Gasteiger partial charge in [-0.3, -0.25) is 10.1 Å². The third-order valence-electron chi connectivity index (χ3n) is 2.86. The van der Waals surface area contributed by atoms with Crippen LogP contribution in [0.3, 0.4) is 0 Å². The molecule has 2 N–H and O–H groups in total. The second-order valence-corrected chi connectivity index (χ2v) is 6.15. The molecule has 0 bridgehead atoms. The molecule has 1 aromatic carbocycles. The molecule has 1 aliphatic rings. The van der Waals surface area contributed by atoms with Crippen molar-refractivity contribution >= 4 is 56.8 Å². The molecule has 8 heteroatoms. The number of fused-ring (bicyclic) bond motifs is 1. The number of carbonyl (C=O) groups excluding carboxylic acids is 1. The summed E-state index contributed by atoms with van der Waals surface area (Å²) >= 11 is 3.18. The molecule has 108 valence electrons. The zero-order valence-corrected chi connectivity index (χ0v) is 13.2. The van der Waals surface area contributed by atoms with E-state index in [1.807, 2.05) is 18.2 Å². The maximum atomic E-state index is 12.0. The minimum Gasteiger partial charge on any atom is -0.494 e. The largest absolute Gasteiger partial charge is 0.494 e. The van der Waals surface area contributed by atoms with E-state index >= 15 is 0 Å². The number of thiazole rings is 1. The number of thioether (sulfide) groups is 1. The highest BCUT2D eigenvalue weighted by Gasteiger charge is 2.23. The fourth-order valence-electron chi connectivity index (χ4n) is 1.90. The summed E-state index contributed by atoms with van der Waals surface area (Å²) in [6, 6.07) is 5.62. The van der Waals surface area contributed by atoms with Crippen molar-refractivity contribution in [2.24, 2.45) is 0 Å². The number of halogens is 1. The number of amides is 1. The van der Waals surface area contributed by atoms with Crippen LogP contribution in [-0.4, -0.2) is 35.7 Å². The van der Waals surface area contributed by atoms with Crippen LogP contribution in [0.2, 0.25) is 0 Å². The van der Waals surface area contributed by atoms with Gasteiger partial charge in [-0.15, -0.1) is 24.2 Å². The van der Waals surface area contributed by atoms with Crippen molar-refractivity contribution in [3.63, 3.8) is 0 Å². The zero-order chi connectivity index (χ0) is 13.2. The smallest absolute Gasteiger partial charge is 0.244 e. The standard InChI is InChI=1S/C12H13N3O2S2.ClH/c1-17-8-3-2-4-9-10(8)14-12(19-9)15-11(16)7-5-18-6-13-7;/h2-4,7,13H,5-6H2,1H3,(H,14,15,16);1H. The van der Waals surface area contributed by atoms with Crippen LogP contribution >= 0.6 is 35.5 Å². The number of hydrogen-bond donors (Lipinski definition) is 2. The average molecular weight is 332 g/mol. The first-order chi connectivity index (χ1) is 9.28. The van der Waals surface area contributed by atoms with E-state index in [1.54, 1.807) is 18.9 Å². The van der Waals surface area contributed by atoms with Crippen LogP contribution in [-0.2, 0) is 4.79 Å². The maximum absolute atomic E-state index is 12.0. The Bertz CT molecular complexity index is 614. The average Bonchev–Trinajstić information content (AvgIpc) is 3.06. The molecule has 1 unspecified atom stereocenters. The number of para-hydroxylation sites is 1. The van der Waals surface area contributed by atoms with Crippen LogP contribution in [0.25, 0.3) is 10.2 Å². The summed E-state index contributed by atoms with van der Waals surface area (Å²) in [6.07, 6.45) is 0. The number of carbonyl (C=O) groups is 1. The SMILES string of the molecule is COc1cccc2sc(NC(=O)C3CSCN3)nc12.Cl. The number of aromatic nitrogens is 1. The van der Waals surface area contributed by atoms with Gasteiger partial charge in [0.2, 0.25) is 5.91 Å². The molecule has 0 aliphatic carbocycles. The lowest BCUT2D eigenvalue weighted by Gasteiger charge is -2.07. The van der Waals surface area contributed by atoms with Gasteiger partial charge in [-0.2, -0.15) is 0 Å². The third kappa shape index (κ3) is 3.01. The van der Waals surface area contributed by atoms with Crippen LogP contribution in [0.15, 0.2) is 18.2 Å². The summed E-state index contributed by atoms with van der Waals surface area (Å²) in [5.74, 6) is 2.33. The molecule has 20 heavy (non-hydrogen) atoms. The molecule has 1 aromatic heterocycles. The van der Waals surface area contributed by atoms with Gasteiger partial charge in [0.25, 0.3) is 0 Å². The highest BCUT2D eigenvalue weighted by atomic mass is 35.5. The van der Waals surface area contributed by atoms with Gasteiger partial charge >= 0.3 is 0 Å². The third-order valence-corrected chi connectivity index (χ3v) is 4.74. The Labute approximate surface area is 130 Å². The number of hydrogen-bond acceptors (Lipinski definition) is 6. The Hall–Kier alpha value is -1.02. The topological polar surface area (TPSA) is 63.2 Å². The summed E-state index contributed by atoms with van der Waals surface area (Å²) in [6.45, 7) is 0. The summed E-state index contributed by atoms with van der Waals surface area (Å²) in [7, 11) is 1.62. The van der Waals surface area contributed by atoms with Crippen LogP contribution in [0.1, 0.15) is 0 Å². The number of benzene rings is 1. The monoisotopic (exact) mass is 331 g/mol. The molecular formula is C12H14ClN3O2S2. The number of ether oxygens (including phenoxy) is 1. The van der Waals surface area contributed by atoms with Crippen LogP contribution in [0.4, 0.5) is 5.13 Å². The van der Waals surface area contributed by atoms with Crippen LogP contribution < -0.4 is 15.4 Å². The fourth-order valence-corrected chi connectivity index (χ4v) is 3.73. The van der Waals surface area contributed by atoms with Crippen molar-refractivity contribution in [2.45, 2.75) is 6.04 Å². The van der Waals surface area contributed by atoms with E-state index in [-0.39, 0.29) is 24.4 Å². The Balaban J connectivity index is 0.00000147. The molecule has 3 rings (SSSR count). The van der Waals surface area contributed by atoms with E-state index < -0.39 is 0 Å². The number of nitrogens with one attached hydrogen (secondary N) is 2. The van der Waals surface area contributed by atoms with Gasteiger partial charge in [-0.25, -0.2) is 4.98 Å². The van der Waals surface area contributed by atoms with Gasteiger partial charge in [0, 0.05) is 11.6 Å². The van der Waals surface area contributed by atoms with Crippen LogP contribution in [0, 0.1) is 0 Å². The van der Waals surface area contributed by atoms with Crippen LogP contribution in [0.5, 0.6) is 5.75 Å². The Morgan fingerprint density at radius 2 is 2.40 bits per heavy atom. The Morgan fingerprint density at radius 3 is 3.10 bits per heavy atom. The molecule has 1 fully saturated rings. The van der Waals surface area contributed by atoms with Gasteiger partial charge in [-0.1, -0.05) is 17.4 Å². The van der Waals surface area contributed by atoms with Gasteiger partial charge in [0.1, 0.15) is 11.3 Å². The maximum Gasteiger partial charge on any atom is 0.244 e. The molecule has 0 radical (unpaired) electrons.